The smallest absolute Gasteiger partial charge is 0.209 e. The molecule has 0 saturated carbocycles. The molecule has 0 aliphatic heterocycles. The number of pyridine rings is 1. The lowest BCUT2D eigenvalue weighted by atomic mass is 10.2. The standard InChI is InChI=1S/C16H17N5OS/c1-10-8-13(11(2)21(10)3)14(22)9-23-16-18-15(19-20-16)12-4-6-17-7-5-12/h4-8H,9H2,1-3H3,(H,18,19,20). The molecule has 0 spiro atoms. The summed E-state index contributed by atoms with van der Waals surface area (Å²) in [5.74, 6) is 1.08. The van der Waals surface area contributed by atoms with E-state index >= 15 is 0 Å². The molecule has 118 valence electrons. The Bertz CT molecular complexity index is 838. The average molecular weight is 327 g/mol. The van der Waals surface area contributed by atoms with Gasteiger partial charge >= 0.3 is 0 Å². The molecule has 0 radical (unpaired) electrons. The van der Waals surface area contributed by atoms with Crippen LogP contribution in [-0.4, -0.2) is 36.3 Å². The van der Waals surface area contributed by atoms with Crippen LogP contribution in [0.1, 0.15) is 21.7 Å². The first-order valence-corrected chi connectivity index (χ1v) is 8.16. The van der Waals surface area contributed by atoms with Crippen molar-refractivity contribution in [2.24, 2.45) is 7.05 Å². The van der Waals surface area contributed by atoms with E-state index in [1.807, 2.05) is 43.7 Å². The van der Waals surface area contributed by atoms with E-state index in [1.165, 1.54) is 11.8 Å². The van der Waals surface area contributed by atoms with Crippen LogP contribution in [0.4, 0.5) is 0 Å². The highest BCUT2D eigenvalue weighted by atomic mass is 32.2. The number of Topliss-reactive ketones (excluding diaryl/α,β-unsaturated/α-hetero) is 1. The highest BCUT2D eigenvalue weighted by molar-refractivity contribution is 7.99. The first-order chi connectivity index (χ1) is 11.1. The van der Waals surface area contributed by atoms with Gasteiger partial charge in [0.05, 0.1) is 5.75 Å². The van der Waals surface area contributed by atoms with Gasteiger partial charge in [0, 0.05) is 42.0 Å². The Labute approximate surface area is 138 Å². The Balaban J connectivity index is 1.68. The van der Waals surface area contributed by atoms with Crippen LogP contribution in [0.15, 0.2) is 35.7 Å². The molecule has 0 saturated heterocycles. The fourth-order valence-electron chi connectivity index (χ4n) is 2.30. The summed E-state index contributed by atoms with van der Waals surface area (Å²) >= 11 is 1.33. The number of nitrogens with zero attached hydrogens (tertiary/aromatic N) is 4. The summed E-state index contributed by atoms with van der Waals surface area (Å²) < 4.78 is 2.02. The molecular formula is C16H17N5OS. The predicted octanol–water partition coefficient (Wildman–Crippen LogP) is 2.80. The highest BCUT2D eigenvalue weighted by Gasteiger charge is 2.15. The summed E-state index contributed by atoms with van der Waals surface area (Å²) in [5, 5.41) is 7.60. The number of carbonyl (C=O) groups is 1. The lowest BCUT2D eigenvalue weighted by molar-refractivity contribution is 0.102. The number of aromatic nitrogens is 5. The molecule has 0 fully saturated rings. The van der Waals surface area contributed by atoms with Crippen molar-refractivity contribution in [3.8, 4) is 11.4 Å². The van der Waals surface area contributed by atoms with Gasteiger partial charge < -0.3 is 4.57 Å². The number of carbonyl (C=O) groups excluding carboxylic acids is 1. The van der Waals surface area contributed by atoms with Gasteiger partial charge in [-0.3, -0.25) is 14.9 Å². The van der Waals surface area contributed by atoms with Crippen molar-refractivity contribution in [2.45, 2.75) is 19.0 Å². The molecule has 0 aromatic carbocycles. The van der Waals surface area contributed by atoms with E-state index in [4.69, 9.17) is 0 Å². The Hall–Kier alpha value is -2.41. The first kappa shape index (κ1) is 15.5. The minimum Gasteiger partial charge on any atom is -0.351 e. The molecule has 0 aliphatic carbocycles. The highest BCUT2D eigenvalue weighted by Crippen LogP contribution is 2.21. The second-order valence-corrected chi connectivity index (χ2v) is 6.20. The maximum absolute atomic E-state index is 12.4. The number of ketones is 1. The van der Waals surface area contributed by atoms with Crippen molar-refractivity contribution in [3.63, 3.8) is 0 Å². The van der Waals surface area contributed by atoms with E-state index in [2.05, 4.69) is 20.2 Å². The zero-order valence-electron chi connectivity index (χ0n) is 13.2. The number of hydrogen-bond donors (Lipinski definition) is 1. The summed E-state index contributed by atoms with van der Waals surface area (Å²) in [4.78, 5) is 20.7. The van der Waals surface area contributed by atoms with E-state index in [9.17, 15) is 4.79 Å². The molecule has 7 heteroatoms. The van der Waals surface area contributed by atoms with Crippen molar-refractivity contribution in [2.75, 3.05) is 5.75 Å². The van der Waals surface area contributed by atoms with Gasteiger partial charge in [0.25, 0.3) is 0 Å². The minimum atomic E-state index is 0.0893. The van der Waals surface area contributed by atoms with Crippen LogP contribution in [0.2, 0.25) is 0 Å². The molecule has 0 atom stereocenters. The molecule has 0 unspecified atom stereocenters. The Morgan fingerprint density at radius 1 is 1.30 bits per heavy atom. The maximum Gasteiger partial charge on any atom is 0.209 e. The van der Waals surface area contributed by atoms with Crippen LogP contribution < -0.4 is 0 Å². The number of nitrogens with one attached hydrogen (secondary N) is 1. The summed E-state index contributed by atoms with van der Waals surface area (Å²) in [6.07, 6.45) is 3.41. The number of thioether (sulfide) groups is 1. The third-order valence-corrected chi connectivity index (χ3v) is 4.67. The second-order valence-electron chi connectivity index (χ2n) is 5.26. The topological polar surface area (TPSA) is 76.5 Å². The lowest BCUT2D eigenvalue weighted by Crippen LogP contribution is -2.04. The minimum absolute atomic E-state index is 0.0893. The molecule has 0 aliphatic rings. The van der Waals surface area contributed by atoms with Crippen molar-refractivity contribution < 1.29 is 4.79 Å². The van der Waals surface area contributed by atoms with Crippen molar-refractivity contribution >= 4 is 17.5 Å². The number of aryl methyl sites for hydroxylation is 1. The molecule has 3 aromatic rings. The van der Waals surface area contributed by atoms with Crippen LogP contribution in [0, 0.1) is 13.8 Å². The Morgan fingerprint density at radius 2 is 2.04 bits per heavy atom. The largest absolute Gasteiger partial charge is 0.351 e. The molecule has 23 heavy (non-hydrogen) atoms. The quantitative estimate of drug-likeness (QED) is 0.576. The second kappa shape index (κ2) is 6.37. The van der Waals surface area contributed by atoms with E-state index in [-0.39, 0.29) is 5.78 Å². The lowest BCUT2D eigenvalue weighted by Gasteiger charge is -2.01. The number of H-pyrrole nitrogens is 1. The summed E-state index contributed by atoms with van der Waals surface area (Å²) in [5.41, 5.74) is 3.75. The Morgan fingerprint density at radius 3 is 2.70 bits per heavy atom. The van der Waals surface area contributed by atoms with E-state index in [1.54, 1.807) is 12.4 Å². The molecule has 3 aromatic heterocycles. The SMILES string of the molecule is Cc1cc(C(=O)CSc2n[nH]c(-c3ccncc3)n2)c(C)n1C. The summed E-state index contributed by atoms with van der Waals surface area (Å²) in [6, 6.07) is 5.64. The molecule has 1 N–H and O–H groups in total. The van der Waals surface area contributed by atoms with Gasteiger partial charge in [-0.25, -0.2) is 4.98 Å². The normalized spacial score (nSPS) is 10.9. The summed E-state index contributed by atoms with van der Waals surface area (Å²) in [6.45, 7) is 3.95. The molecule has 3 rings (SSSR count). The van der Waals surface area contributed by atoms with Crippen LogP contribution in [0.25, 0.3) is 11.4 Å². The molecule has 6 nitrogen and oxygen atoms in total. The van der Waals surface area contributed by atoms with Gasteiger partial charge in [0.2, 0.25) is 5.16 Å². The van der Waals surface area contributed by atoms with Gasteiger partial charge in [-0.1, -0.05) is 11.8 Å². The van der Waals surface area contributed by atoms with Crippen molar-refractivity contribution in [1.29, 1.82) is 0 Å². The molecule has 0 amide bonds. The molecular weight excluding hydrogens is 310 g/mol. The zero-order valence-corrected chi connectivity index (χ0v) is 14.0. The number of rotatable bonds is 5. The van der Waals surface area contributed by atoms with Crippen molar-refractivity contribution in [3.05, 3.63) is 47.5 Å². The van der Waals surface area contributed by atoms with Gasteiger partial charge in [0.15, 0.2) is 11.6 Å². The fraction of sp³-hybridized carbons (Fsp3) is 0.250. The van der Waals surface area contributed by atoms with Crippen LogP contribution in [-0.2, 0) is 7.05 Å². The average Bonchev–Trinajstić information content (AvgIpc) is 3.14. The summed E-state index contributed by atoms with van der Waals surface area (Å²) in [7, 11) is 1.96. The van der Waals surface area contributed by atoms with Crippen LogP contribution >= 0.6 is 11.8 Å². The van der Waals surface area contributed by atoms with Crippen LogP contribution in [0.5, 0.6) is 0 Å². The zero-order chi connectivity index (χ0) is 16.4. The number of aromatic amines is 1. The third kappa shape index (κ3) is 3.19. The maximum atomic E-state index is 12.4. The third-order valence-electron chi connectivity index (χ3n) is 3.83. The monoisotopic (exact) mass is 327 g/mol. The first-order valence-electron chi connectivity index (χ1n) is 7.18. The van der Waals surface area contributed by atoms with Crippen LogP contribution in [0.3, 0.4) is 0 Å². The van der Waals surface area contributed by atoms with Crippen molar-refractivity contribution in [1.82, 2.24) is 24.7 Å². The van der Waals surface area contributed by atoms with E-state index in [0.29, 0.717) is 16.7 Å². The predicted molar refractivity (Wildman–Crippen MR) is 89.6 cm³/mol. The number of hydrogen-bond acceptors (Lipinski definition) is 5. The van der Waals surface area contributed by atoms with Gasteiger partial charge in [-0.2, -0.15) is 0 Å². The molecule has 0 bridgehead atoms. The van der Waals surface area contributed by atoms with Gasteiger partial charge in [-0.15, -0.1) is 5.10 Å². The van der Waals surface area contributed by atoms with E-state index < -0.39 is 0 Å². The van der Waals surface area contributed by atoms with E-state index in [0.717, 1.165) is 22.5 Å². The van der Waals surface area contributed by atoms with Gasteiger partial charge in [0.1, 0.15) is 0 Å². The molecule has 3 heterocycles. The van der Waals surface area contributed by atoms with Gasteiger partial charge in [-0.05, 0) is 32.0 Å². The fourth-order valence-corrected chi connectivity index (χ4v) is 2.98. The Kier molecular flexibility index (Phi) is 4.29.